The quantitative estimate of drug-likeness (QED) is 0.553. The van der Waals surface area contributed by atoms with Gasteiger partial charge in [-0.3, -0.25) is 14.5 Å². The van der Waals surface area contributed by atoms with E-state index in [-0.39, 0.29) is 23.7 Å². The fourth-order valence-corrected chi connectivity index (χ4v) is 6.21. The number of hydrogen-bond acceptors (Lipinski definition) is 2. The van der Waals surface area contributed by atoms with Crippen molar-refractivity contribution in [3.63, 3.8) is 0 Å². The molecule has 21 heavy (non-hydrogen) atoms. The topological polar surface area (TPSA) is 37.4 Å². The van der Waals surface area contributed by atoms with Crippen LogP contribution in [0.1, 0.15) is 12.0 Å². The van der Waals surface area contributed by atoms with Crippen molar-refractivity contribution in [1.29, 1.82) is 0 Å². The second-order valence-corrected chi connectivity index (χ2v) is 8.37. The molecule has 110 valence electrons. The fourth-order valence-electron chi connectivity index (χ4n) is 4.33. The van der Waals surface area contributed by atoms with Crippen LogP contribution in [0.15, 0.2) is 30.3 Å². The molecule has 4 rings (SSSR count). The van der Waals surface area contributed by atoms with Crippen molar-refractivity contribution in [2.24, 2.45) is 23.7 Å². The first kappa shape index (κ1) is 13.9. The first-order valence-electron chi connectivity index (χ1n) is 7.27. The van der Waals surface area contributed by atoms with Gasteiger partial charge in [0, 0.05) is 9.65 Å². The molecule has 6 atom stereocenters. The molecule has 0 spiro atoms. The van der Waals surface area contributed by atoms with Gasteiger partial charge in [0.1, 0.15) is 0 Å². The van der Waals surface area contributed by atoms with Crippen LogP contribution < -0.4 is 0 Å². The van der Waals surface area contributed by atoms with Crippen LogP contribution in [0.2, 0.25) is 0 Å². The largest absolute Gasteiger partial charge is 0.278 e. The molecule has 1 heterocycles. The number of benzene rings is 1. The SMILES string of the molecule is O=C1C2C3CC(C(Br)C3Br)C2C(=O)N1Cc1ccccc1. The van der Waals surface area contributed by atoms with Crippen molar-refractivity contribution in [2.75, 3.05) is 0 Å². The lowest BCUT2D eigenvalue weighted by Gasteiger charge is -2.28. The summed E-state index contributed by atoms with van der Waals surface area (Å²) in [6, 6.07) is 9.74. The predicted octanol–water partition coefficient (Wildman–Crippen LogP) is 2.96. The van der Waals surface area contributed by atoms with E-state index in [1.165, 1.54) is 4.90 Å². The van der Waals surface area contributed by atoms with E-state index in [1.54, 1.807) is 0 Å². The summed E-state index contributed by atoms with van der Waals surface area (Å²) >= 11 is 7.40. The van der Waals surface area contributed by atoms with Crippen LogP contribution in [-0.4, -0.2) is 26.4 Å². The summed E-state index contributed by atoms with van der Waals surface area (Å²) in [4.78, 5) is 27.5. The number of nitrogens with zero attached hydrogens (tertiary/aromatic N) is 1. The summed E-state index contributed by atoms with van der Waals surface area (Å²) in [6.45, 7) is 0.408. The highest BCUT2D eigenvalue weighted by molar-refractivity contribution is 9.12. The maximum atomic E-state index is 12.7. The van der Waals surface area contributed by atoms with Gasteiger partial charge < -0.3 is 0 Å². The third kappa shape index (κ3) is 1.89. The van der Waals surface area contributed by atoms with Crippen molar-refractivity contribution < 1.29 is 9.59 Å². The van der Waals surface area contributed by atoms with Gasteiger partial charge in [-0.05, 0) is 23.8 Å². The van der Waals surface area contributed by atoms with E-state index in [0.29, 0.717) is 28.0 Å². The Morgan fingerprint density at radius 3 is 2.00 bits per heavy atom. The van der Waals surface area contributed by atoms with Crippen molar-refractivity contribution in [3.8, 4) is 0 Å². The Kier molecular flexibility index (Phi) is 3.26. The fraction of sp³-hybridized carbons (Fsp3) is 0.500. The standard InChI is InChI=1S/C16H15Br2NO2/c17-13-9-6-10(14(13)18)12-11(9)15(20)19(16(12)21)7-8-4-2-1-3-5-8/h1-5,9-14H,6-7H2. The van der Waals surface area contributed by atoms with Gasteiger partial charge in [0.05, 0.1) is 18.4 Å². The molecule has 2 bridgehead atoms. The lowest BCUT2D eigenvalue weighted by molar-refractivity contribution is -0.141. The molecule has 3 aliphatic rings. The zero-order valence-electron chi connectivity index (χ0n) is 11.3. The molecule has 6 unspecified atom stereocenters. The minimum atomic E-state index is -0.107. The Morgan fingerprint density at radius 2 is 1.48 bits per heavy atom. The zero-order chi connectivity index (χ0) is 14.7. The van der Waals surface area contributed by atoms with Gasteiger partial charge in [0.15, 0.2) is 0 Å². The number of amides is 2. The molecule has 0 aromatic heterocycles. The number of fused-ring (bicyclic) bond motifs is 5. The van der Waals surface area contributed by atoms with E-state index in [1.807, 2.05) is 30.3 Å². The van der Waals surface area contributed by atoms with E-state index in [4.69, 9.17) is 0 Å². The summed E-state index contributed by atoms with van der Waals surface area (Å²) < 4.78 is 0. The summed E-state index contributed by atoms with van der Waals surface area (Å²) in [7, 11) is 0. The smallest absolute Gasteiger partial charge is 0.233 e. The van der Waals surface area contributed by atoms with Crippen LogP contribution in [0, 0.1) is 23.7 Å². The van der Waals surface area contributed by atoms with E-state index >= 15 is 0 Å². The molecule has 1 aliphatic heterocycles. The van der Waals surface area contributed by atoms with Crippen molar-refractivity contribution in [1.82, 2.24) is 4.90 Å². The molecule has 3 fully saturated rings. The maximum Gasteiger partial charge on any atom is 0.233 e. The molecular weight excluding hydrogens is 398 g/mol. The highest BCUT2D eigenvalue weighted by Gasteiger charge is 2.66. The molecule has 1 aromatic carbocycles. The van der Waals surface area contributed by atoms with Gasteiger partial charge in [-0.15, -0.1) is 0 Å². The molecule has 1 saturated heterocycles. The average molecular weight is 413 g/mol. The van der Waals surface area contributed by atoms with Gasteiger partial charge in [-0.2, -0.15) is 0 Å². The molecule has 2 saturated carbocycles. The van der Waals surface area contributed by atoms with Crippen molar-refractivity contribution in [2.45, 2.75) is 22.6 Å². The first-order valence-corrected chi connectivity index (χ1v) is 9.10. The summed E-state index contributed by atoms with van der Waals surface area (Å²) in [5.74, 6) is 0.437. The highest BCUT2D eigenvalue weighted by atomic mass is 79.9. The van der Waals surface area contributed by atoms with Crippen LogP contribution in [0.3, 0.4) is 0 Å². The second-order valence-electron chi connectivity index (χ2n) is 6.25. The predicted molar refractivity (Wildman–Crippen MR) is 86.0 cm³/mol. The van der Waals surface area contributed by atoms with Crippen LogP contribution in [0.5, 0.6) is 0 Å². The minimum absolute atomic E-state index is 0.0326. The second kappa shape index (κ2) is 4.92. The van der Waals surface area contributed by atoms with Gasteiger partial charge in [-0.1, -0.05) is 62.2 Å². The number of carbonyl (C=O) groups is 2. The minimum Gasteiger partial charge on any atom is -0.278 e. The monoisotopic (exact) mass is 411 g/mol. The third-order valence-corrected chi connectivity index (χ3v) is 8.47. The molecule has 0 radical (unpaired) electrons. The van der Waals surface area contributed by atoms with Crippen molar-refractivity contribution in [3.05, 3.63) is 35.9 Å². The molecule has 2 amide bonds. The Labute approximate surface area is 140 Å². The van der Waals surface area contributed by atoms with Crippen molar-refractivity contribution >= 4 is 43.7 Å². The van der Waals surface area contributed by atoms with Crippen LogP contribution >= 0.6 is 31.9 Å². The lowest BCUT2D eigenvalue weighted by atomic mass is 9.81. The number of carbonyl (C=O) groups excluding carboxylic acids is 2. The summed E-state index contributed by atoms with van der Waals surface area (Å²) in [5, 5.41) is 0. The summed E-state index contributed by atoms with van der Waals surface area (Å²) in [5.41, 5.74) is 1.01. The van der Waals surface area contributed by atoms with E-state index < -0.39 is 0 Å². The Morgan fingerprint density at radius 1 is 0.952 bits per heavy atom. The maximum absolute atomic E-state index is 12.7. The normalized spacial score (nSPS) is 41.0. The number of hydrogen-bond donors (Lipinski definition) is 0. The van der Waals surface area contributed by atoms with E-state index in [9.17, 15) is 9.59 Å². The molecule has 5 heteroatoms. The lowest BCUT2D eigenvalue weighted by Crippen LogP contribution is -2.37. The van der Waals surface area contributed by atoms with Crippen LogP contribution in [-0.2, 0) is 16.1 Å². The molecular formula is C16H15Br2NO2. The Balaban J connectivity index is 1.62. The number of halogens is 2. The number of likely N-dealkylation sites (tertiary alicyclic amines) is 1. The van der Waals surface area contributed by atoms with Gasteiger partial charge >= 0.3 is 0 Å². The highest BCUT2D eigenvalue weighted by Crippen LogP contribution is 2.60. The Bertz CT molecular complexity index is 574. The molecule has 3 nitrogen and oxygen atoms in total. The third-order valence-electron chi connectivity index (χ3n) is 5.26. The molecule has 1 aromatic rings. The summed E-state index contributed by atoms with van der Waals surface area (Å²) in [6.07, 6.45) is 0.984. The molecule has 0 N–H and O–H groups in total. The first-order chi connectivity index (χ1) is 10.1. The Hall–Kier alpha value is -0.680. The van der Waals surface area contributed by atoms with E-state index in [0.717, 1.165) is 12.0 Å². The molecule has 2 aliphatic carbocycles. The number of rotatable bonds is 2. The van der Waals surface area contributed by atoms with Gasteiger partial charge in [0.25, 0.3) is 0 Å². The van der Waals surface area contributed by atoms with Crippen LogP contribution in [0.25, 0.3) is 0 Å². The number of imide groups is 1. The average Bonchev–Trinajstić information content (AvgIpc) is 3.09. The van der Waals surface area contributed by atoms with Gasteiger partial charge in [-0.25, -0.2) is 0 Å². The van der Waals surface area contributed by atoms with Gasteiger partial charge in [0.2, 0.25) is 11.8 Å². The number of alkyl halides is 2. The van der Waals surface area contributed by atoms with Crippen LogP contribution in [0.4, 0.5) is 0 Å². The zero-order valence-corrected chi connectivity index (χ0v) is 14.5. The van der Waals surface area contributed by atoms with E-state index in [2.05, 4.69) is 31.9 Å².